The monoisotopic (exact) mass is 745 g/mol. The van der Waals surface area contributed by atoms with E-state index in [2.05, 4.69) is 179 Å². The Hall–Kier alpha value is -7.41. The Bertz CT molecular complexity index is 3520. The van der Waals surface area contributed by atoms with Gasteiger partial charge in [0.1, 0.15) is 0 Å². The summed E-state index contributed by atoms with van der Waals surface area (Å²) in [6.45, 7) is 0. The summed E-state index contributed by atoms with van der Waals surface area (Å²) in [5.41, 5.74) is 9.63. The van der Waals surface area contributed by atoms with Crippen LogP contribution < -0.4 is 0 Å². The summed E-state index contributed by atoms with van der Waals surface area (Å²) >= 11 is 1.80. The Morgan fingerprint density at radius 1 is 0.316 bits per heavy atom. The van der Waals surface area contributed by atoms with Crippen molar-refractivity contribution in [2.45, 2.75) is 0 Å². The van der Waals surface area contributed by atoms with Crippen LogP contribution in [0.15, 0.2) is 188 Å². The number of fused-ring (bicyclic) bond motifs is 10. The van der Waals surface area contributed by atoms with E-state index in [0.717, 1.165) is 39.1 Å². The van der Waals surface area contributed by atoms with Gasteiger partial charge in [0.05, 0.1) is 22.1 Å². The highest BCUT2D eigenvalue weighted by Gasteiger charge is 2.22. The summed E-state index contributed by atoms with van der Waals surface area (Å²) in [6, 6.07) is 66.7. The van der Waals surface area contributed by atoms with Gasteiger partial charge in [0.25, 0.3) is 0 Å². The Kier molecular flexibility index (Phi) is 7.03. The lowest BCUT2D eigenvalue weighted by Crippen LogP contribution is -2.01. The Morgan fingerprint density at radius 3 is 1.47 bits per heavy atom. The van der Waals surface area contributed by atoms with Crippen LogP contribution in [-0.4, -0.2) is 24.1 Å². The SMILES string of the molecule is c1ccc(-c2nc(-c3cccc(-n4c5ccccc5c5ccc6c7ccccc7n(-c7ccccc7)c6c54)c3)nc(-c3ccc4c(c3)sc3ccccc34)n2)cc1. The third-order valence-corrected chi connectivity index (χ3v) is 12.3. The van der Waals surface area contributed by atoms with Gasteiger partial charge in [0.15, 0.2) is 17.5 Å². The van der Waals surface area contributed by atoms with Gasteiger partial charge in [-0.25, -0.2) is 15.0 Å². The molecule has 0 amide bonds. The maximum absolute atomic E-state index is 5.21. The van der Waals surface area contributed by atoms with Gasteiger partial charge in [-0.1, -0.05) is 140 Å². The van der Waals surface area contributed by atoms with Crippen molar-refractivity contribution in [3.63, 3.8) is 0 Å². The van der Waals surface area contributed by atoms with Crippen LogP contribution in [0, 0.1) is 0 Å². The highest BCUT2D eigenvalue weighted by atomic mass is 32.1. The number of para-hydroxylation sites is 3. The van der Waals surface area contributed by atoms with Crippen molar-refractivity contribution >= 4 is 75.1 Å². The molecular formula is C51H31N5S. The molecule has 6 heteroatoms. The molecule has 0 radical (unpaired) electrons. The zero-order valence-corrected chi connectivity index (χ0v) is 31.4. The molecule has 0 aliphatic carbocycles. The van der Waals surface area contributed by atoms with Gasteiger partial charge in [-0.3, -0.25) is 0 Å². The molecule has 0 aliphatic rings. The first-order valence-corrected chi connectivity index (χ1v) is 19.9. The lowest BCUT2D eigenvalue weighted by atomic mass is 10.1. The maximum atomic E-state index is 5.21. The molecule has 4 aromatic heterocycles. The molecule has 12 aromatic rings. The minimum atomic E-state index is 0.626. The smallest absolute Gasteiger partial charge is 0.164 e. The zero-order valence-electron chi connectivity index (χ0n) is 30.5. The van der Waals surface area contributed by atoms with Crippen molar-refractivity contribution in [1.29, 1.82) is 0 Å². The van der Waals surface area contributed by atoms with Crippen molar-refractivity contribution in [3.05, 3.63) is 188 Å². The van der Waals surface area contributed by atoms with Crippen LogP contribution in [0.1, 0.15) is 0 Å². The molecule has 0 aliphatic heterocycles. The highest BCUT2D eigenvalue weighted by Crippen LogP contribution is 2.42. The fraction of sp³-hybridized carbons (Fsp3) is 0. The quantitative estimate of drug-likeness (QED) is 0.176. The van der Waals surface area contributed by atoms with Gasteiger partial charge in [0, 0.05) is 69.8 Å². The number of benzene rings is 8. The first-order chi connectivity index (χ1) is 28.3. The molecule has 0 saturated heterocycles. The van der Waals surface area contributed by atoms with Gasteiger partial charge in [0.2, 0.25) is 0 Å². The second-order valence-electron chi connectivity index (χ2n) is 14.4. The lowest BCUT2D eigenvalue weighted by Gasteiger charge is -2.14. The number of hydrogen-bond acceptors (Lipinski definition) is 4. The summed E-state index contributed by atoms with van der Waals surface area (Å²) in [5, 5.41) is 7.37. The average Bonchev–Trinajstić information content (AvgIpc) is 3.94. The summed E-state index contributed by atoms with van der Waals surface area (Å²) in [5.74, 6) is 1.92. The van der Waals surface area contributed by atoms with Gasteiger partial charge in [-0.2, -0.15) is 0 Å². The summed E-state index contributed by atoms with van der Waals surface area (Å²) < 4.78 is 7.33. The molecule has 5 nitrogen and oxygen atoms in total. The van der Waals surface area contributed by atoms with Gasteiger partial charge < -0.3 is 9.13 Å². The molecule has 0 spiro atoms. The van der Waals surface area contributed by atoms with E-state index >= 15 is 0 Å². The van der Waals surface area contributed by atoms with Gasteiger partial charge >= 0.3 is 0 Å². The Balaban J connectivity index is 1.10. The maximum Gasteiger partial charge on any atom is 0.164 e. The minimum Gasteiger partial charge on any atom is -0.307 e. The fourth-order valence-electron chi connectivity index (χ4n) is 8.61. The van der Waals surface area contributed by atoms with E-state index in [9.17, 15) is 0 Å². The minimum absolute atomic E-state index is 0.626. The van der Waals surface area contributed by atoms with Crippen LogP contribution >= 0.6 is 11.3 Å². The molecule has 57 heavy (non-hydrogen) atoms. The second kappa shape index (κ2) is 12.6. The van der Waals surface area contributed by atoms with Crippen molar-refractivity contribution in [3.8, 4) is 45.5 Å². The van der Waals surface area contributed by atoms with E-state index in [4.69, 9.17) is 15.0 Å². The molecule has 0 bridgehead atoms. The van der Waals surface area contributed by atoms with Crippen LogP contribution in [-0.2, 0) is 0 Å². The Labute approximate surface area is 331 Å². The largest absolute Gasteiger partial charge is 0.307 e. The van der Waals surface area contributed by atoms with E-state index < -0.39 is 0 Å². The van der Waals surface area contributed by atoms with Crippen LogP contribution in [0.25, 0.3) is 109 Å². The summed E-state index contributed by atoms with van der Waals surface area (Å²) in [4.78, 5) is 15.4. The van der Waals surface area contributed by atoms with Crippen molar-refractivity contribution in [2.75, 3.05) is 0 Å². The van der Waals surface area contributed by atoms with Gasteiger partial charge in [-0.05, 0) is 48.5 Å². The van der Waals surface area contributed by atoms with Crippen LogP contribution in [0.2, 0.25) is 0 Å². The van der Waals surface area contributed by atoms with E-state index in [0.29, 0.717) is 17.5 Å². The van der Waals surface area contributed by atoms with Crippen LogP contribution in [0.4, 0.5) is 0 Å². The summed E-state index contributed by atoms with van der Waals surface area (Å²) in [7, 11) is 0. The third kappa shape index (κ3) is 4.98. The molecule has 0 N–H and O–H groups in total. The van der Waals surface area contributed by atoms with Crippen LogP contribution in [0.5, 0.6) is 0 Å². The van der Waals surface area contributed by atoms with Crippen molar-refractivity contribution in [2.24, 2.45) is 0 Å². The van der Waals surface area contributed by atoms with E-state index in [-0.39, 0.29) is 0 Å². The molecule has 12 rings (SSSR count). The first-order valence-electron chi connectivity index (χ1n) is 19.1. The van der Waals surface area contributed by atoms with Crippen LogP contribution in [0.3, 0.4) is 0 Å². The van der Waals surface area contributed by atoms with Crippen molar-refractivity contribution in [1.82, 2.24) is 24.1 Å². The number of hydrogen-bond donors (Lipinski definition) is 0. The van der Waals surface area contributed by atoms with E-state index in [1.807, 2.05) is 18.2 Å². The van der Waals surface area contributed by atoms with E-state index in [1.54, 1.807) is 11.3 Å². The normalized spacial score (nSPS) is 11.9. The molecule has 0 atom stereocenters. The molecule has 0 unspecified atom stereocenters. The summed E-state index contributed by atoms with van der Waals surface area (Å²) in [6.07, 6.45) is 0. The fourth-order valence-corrected chi connectivity index (χ4v) is 9.76. The zero-order chi connectivity index (χ0) is 37.5. The molecule has 266 valence electrons. The van der Waals surface area contributed by atoms with Gasteiger partial charge in [-0.15, -0.1) is 11.3 Å². The topological polar surface area (TPSA) is 48.5 Å². The predicted molar refractivity (Wildman–Crippen MR) is 238 cm³/mol. The lowest BCUT2D eigenvalue weighted by molar-refractivity contribution is 1.07. The first kappa shape index (κ1) is 31.9. The predicted octanol–water partition coefficient (Wildman–Crippen LogP) is 13.4. The number of rotatable bonds is 5. The molecule has 8 aromatic carbocycles. The molecular weight excluding hydrogens is 715 g/mol. The third-order valence-electron chi connectivity index (χ3n) is 11.1. The molecule has 0 fully saturated rings. The standard InChI is InChI=1S/C51H31N5S/c1-3-14-32(15-4-1)49-52-50(54-51(53-49)34-26-27-40-39-22-9-12-25-45(39)57-46(40)31-34)33-16-13-19-36(30-33)56-44-24-11-8-21-38(44)42-29-28-41-37-20-7-10-23-43(37)55(47(41)48(42)56)35-17-5-2-6-18-35/h1-31H. The van der Waals surface area contributed by atoms with E-state index in [1.165, 1.54) is 52.8 Å². The number of nitrogens with zero attached hydrogens (tertiary/aromatic N) is 5. The number of thiophene rings is 1. The second-order valence-corrected chi connectivity index (χ2v) is 15.5. The average molecular weight is 746 g/mol. The van der Waals surface area contributed by atoms with Crippen molar-refractivity contribution < 1.29 is 0 Å². The molecule has 0 saturated carbocycles. The Morgan fingerprint density at radius 2 is 0.789 bits per heavy atom. The highest BCUT2D eigenvalue weighted by molar-refractivity contribution is 7.25. The molecule has 4 heterocycles. The number of aromatic nitrogens is 5.